The summed E-state index contributed by atoms with van der Waals surface area (Å²) in [6, 6.07) is 4.69. The largest absolute Gasteiger partial charge is 0.390 e. The molecule has 0 amide bonds. The van der Waals surface area contributed by atoms with Gasteiger partial charge in [-0.3, -0.25) is 5.10 Å². The van der Waals surface area contributed by atoms with Crippen LogP contribution in [0.1, 0.15) is 5.69 Å². The molecule has 0 bridgehead atoms. The third-order valence-corrected chi connectivity index (χ3v) is 1.96. The van der Waals surface area contributed by atoms with E-state index in [4.69, 9.17) is 5.11 Å². The van der Waals surface area contributed by atoms with Gasteiger partial charge in [-0.25, -0.2) is 8.78 Å². The van der Waals surface area contributed by atoms with Gasteiger partial charge in [-0.15, -0.1) is 0 Å². The second kappa shape index (κ2) is 3.78. The van der Waals surface area contributed by atoms with Crippen LogP contribution >= 0.6 is 0 Å². The Bertz CT molecular complexity index is 462. The zero-order chi connectivity index (χ0) is 10.8. The zero-order valence-corrected chi connectivity index (χ0v) is 7.67. The van der Waals surface area contributed by atoms with Crippen LogP contribution in [0.2, 0.25) is 0 Å². The second-order valence-electron chi connectivity index (χ2n) is 3.09. The van der Waals surface area contributed by atoms with E-state index in [0.717, 1.165) is 6.07 Å². The number of aromatic nitrogens is 2. The molecule has 0 aliphatic rings. The van der Waals surface area contributed by atoms with E-state index in [1.54, 1.807) is 0 Å². The number of aromatic amines is 1. The van der Waals surface area contributed by atoms with Crippen LogP contribution in [0.25, 0.3) is 11.3 Å². The van der Waals surface area contributed by atoms with Crippen molar-refractivity contribution in [3.63, 3.8) is 0 Å². The maximum absolute atomic E-state index is 12.9. The van der Waals surface area contributed by atoms with Gasteiger partial charge in [0.25, 0.3) is 0 Å². The molecule has 15 heavy (non-hydrogen) atoms. The van der Waals surface area contributed by atoms with Crippen LogP contribution in [-0.2, 0) is 6.61 Å². The predicted molar refractivity (Wildman–Crippen MR) is 49.9 cm³/mol. The lowest BCUT2D eigenvalue weighted by Gasteiger charge is -1.96. The van der Waals surface area contributed by atoms with Crippen LogP contribution < -0.4 is 0 Å². The molecule has 0 fully saturated rings. The Balaban J connectivity index is 2.44. The molecule has 0 unspecified atom stereocenters. The summed E-state index contributed by atoms with van der Waals surface area (Å²) >= 11 is 0. The number of nitrogens with one attached hydrogen (secondary N) is 1. The van der Waals surface area contributed by atoms with Crippen molar-refractivity contribution in [1.82, 2.24) is 10.2 Å². The summed E-state index contributed by atoms with van der Waals surface area (Å²) in [5.41, 5.74) is 1.23. The number of rotatable bonds is 2. The Labute approximate surface area is 84.4 Å². The van der Waals surface area contributed by atoms with Crippen molar-refractivity contribution in [2.45, 2.75) is 6.61 Å². The number of H-pyrrole nitrogens is 1. The average Bonchev–Trinajstić information content (AvgIpc) is 2.64. The normalized spacial score (nSPS) is 10.6. The highest BCUT2D eigenvalue weighted by atomic mass is 19.1. The smallest absolute Gasteiger partial charge is 0.126 e. The van der Waals surface area contributed by atoms with E-state index in [1.807, 2.05) is 0 Å². The zero-order valence-electron chi connectivity index (χ0n) is 7.67. The third kappa shape index (κ3) is 2.02. The van der Waals surface area contributed by atoms with Gasteiger partial charge in [0.2, 0.25) is 0 Å². The Morgan fingerprint density at radius 3 is 2.33 bits per heavy atom. The fraction of sp³-hybridized carbons (Fsp3) is 0.100. The first-order valence-corrected chi connectivity index (χ1v) is 4.30. The van der Waals surface area contributed by atoms with E-state index in [2.05, 4.69) is 10.2 Å². The molecule has 2 aromatic rings. The molecule has 78 valence electrons. The predicted octanol–water partition coefficient (Wildman–Crippen LogP) is 1.85. The van der Waals surface area contributed by atoms with Gasteiger partial charge in [-0.1, -0.05) is 0 Å². The monoisotopic (exact) mass is 210 g/mol. The highest BCUT2D eigenvalue weighted by Crippen LogP contribution is 2.20. The summed E-state index contributed by atoms with van der Waals surface area (Å²) in [6.45, 7) is -0.190. The number of nitrogens with zero attached hydrogens (tertiary/aromatic N) is 1. The van der Waals surface area contributed by atoms with Crippen LogP contribution in [-0.4, -0.2) is 15.3 Å². The number of hydrogen-bond donors (Lipinski definition) is 2. The molecule has 0 aliphatic heterocycles. The molecule has 0 saturated heterocycles. The van der Waals surface area contributed by atoms with E-state index in [9.17, 15) is 8.78 Å². The minimum Gasteiger partial charge on any atom is -0.390 e. The topological polar surface area (TPSA) is 48.9 Å². The first-order chi connectivity index (χ1) is 7.19. The van der Waals surface area contributed by atoms with Gasteiger partial charge in [-0.05, 0) is 18.2 Å². The van der Waals surface area contributed by atoms with Crippen molar-refractivity contribution in [1.29, 1.82) is 0 Å². The highest BCUT2D eigenvalue weighted by molar-refractivity contribution is 5.59. The molecule has 2 N–H and O–H groups in total. The third-order valence-electron chi connectivity index (χ3n) is 1.96. The number of hydrogen-bond acceptors (Lipinski definition) is 2. The van der Waals surface area contributed by atoms with Crippen LogP contribution in [0.15, 0.2) is 24.3 Å². The number of halogens is 2. The lowest BCUT2D eigenvalue weighted by Crippen LogP contribution is -1.84. The summed E-state index contributed by atoms with van der Waals surface area (Å²) in [7, 11) is 0. The van der Waals surface area contributed by atoms with Gasteiger partial charge in [-0.2, -0.15) is 5.10 Å². The molecule has 1 aromatic heterocycles. The molecule has 3 nitrogen and oxygen atoms in total. The van der Waals surface area contributed by atoms with E-state index in [1.165, 1.54) is 18.2 Å². The van der Waals surface area contributed by atoms with Crippen molar-refractivity contribution in [2.24, 2.45) is 0 Å². The molecule has 0 spiro atoms. The van der Waals surface area contributed by atoms with E-state index in [0.29, 0.717) is 17.0 Å². The molecule has 0 aliphatic carbocycles. The summed E-state index contributed by atoms with van der Waals surface area (Å²) in [6.07, 6.45) is 0. The molecule has 1 heterocycles. The van der Waals surface area contributed by atoms with Crippen LogP contribution in [0, 0.1) is 11.6 Å². The standard InChI is InChI=1S/C10H8F2N2O/c11-7-1-6(2-8(12)3-7)10-4-9(5-15)13-14-10/h1-4,15H,5H2,(H,13,14). The Morgan fingerprint density at radius 2 is 1.80 bits per heavy atom. The summed E-state index contributed by atoms with van der Waals surface area (Å²) < 4.78 is 25.7. The Kier molecular flexibility index (Phi) is 2.47. The first kappa shape index (κ1) is 9.79. The second-order valence-corrected chi connectivity index (χ2v) is 3.09. The number of aliphatic hydroxyl groups is 1. The van der Waals surface area contributed by atoms with Crippen molar-refractivity contribution >= 4 is 0 Å². The fourth-order valence-electron chi connectivity index (χ4n) is 1.29. The minimum atomic E-state index is -0.654. The van der Waals surface area contributed by atoms with Crippen molar-refractivity contribution in [3.05, 3.63) is 41.6 Å². The van der Waals surface area contributed by atoms with E-state index in [-0.39, 0.29) is 6.61 Å². The quantitative estimate of drug-likeness (QED) is 0.794. The number of benzene rings is 1. The van der Waals surface area contributed by atoms with Gasteiger partial charge in [0.05, 0.1) is 18.0 Å². The van der Waals surface area contributed by atoms with Gasteiger partial charge < -0.3 is 5.11 Å². The molecule has 5 heteroatoms. The minimum absolute atomic E-state index is 0.190. The number of aliphatic hydroxyl groups excluding tert-OH is 1. The SMILES string of the molecule is OCc1cc(-c2cc(F)cc(F)c2)n[nH]1. The molecule has 0 radical (unpaired) electrons. The summed E-state index contributed by atoms with van der Waals surface area (Å²) in [4.78, 5) is 0. The van der Waals surface area contributed by atoms with Crippen molar-refractivity contribution in [3.8, 4) is 11.3 Å². The molecular weight excluding hydrogens is 202 g/mol. The van der Waals surface area contributed by atoms with E-state index >= 15 is 0 Å². The summed E-state index contributed by atoms with van der Waals surface area (Å²) in [5.74, 6) is -1.31. The van der Waals surface area contributed by atoms with Gasteiger partial charge in [0.15, 0.2) is 0 Å². The van der Waals surface area contributed by atoms with Gasteiger partial charge >= 0.3 is 0 Å². The average molecular weight is 210 g/mol. The lowest BCUT2D eigenvalue weighted by atomic mass is 10.1. The Hall–Kier alpha value is -1.75. The van der Waals surface area contributed by atoms with E-state index < -0.39 is 11.6 Å². The lowest BCUT2D eigenvalue weighted by molar-refractivity contribution is 0.276. The highest BCUT2D eigenvalue weighted by Gasteiger charge is 2.06. The molecular formula is C10H8F2N2O. The van der Waals surface area contributed by atoms with Gasteiger partial charge in [0, 0.05) is 11.6 Å². The summed E-state index contributed by atoms with van der Waals surface area (Å²) in [5, 5.41) is 15.2. The first-order valence-electron chi connectivity index (χ1n) is 4.30. The van der Waals surface area contributed by atoms with Crippen molar-refractivity contribution in [2.75, 3.05) is 0 Å². The maximum atomic E-state index is 12.9. The van der Waals surface area contributed by atoms with Crippen molar-refractivity contribution < 1.29 is 13.9 Å². The molecule has 2 rings (SSSR count). The van der Waals surface area contributed by atoms with Crippen LogP contribution in [0.3, 0.4) is 0 Å². The van der Waals surface area contributed by atoms with Crippen LogP contribution in [0.4, 0.5) is 8.78 Å². The van der Waals surface area contributed by atoms with Crippen LogP contribution in [0.5, 0.6) is 0 Å². The molecule has 1 aromatic carbocycles. The Morgan fingerprint density at radius 1 is 1.13 bits per heavy atom. The van der Waals surface area contributed by atoms with Gasteiger partial charge in [0.1, 0.15) is 11.6 Å². The fourth-order valence-corrected chi connectivity index (χ4v) is 1.29. The molecule has 0 saturated carbocycles. The maximum Gasteiger partial charge on any atom is 0.126 e. The molecule has 0 atom stereocenters.